The van der Waals surface area contributed by atoms with Gasteiger partial charge in [0, 0.05) is 0 Å². The van der Waals surface area contributed by atoms with Crippen molar-refractivity contribution in [3.8, 4) is 0 Å². The highest BCUT2D eigenvalue weighted by Gasteiger charge is 2.39. The maximum absolute atomic E-state index is 2.23. The van der Waals surface area contributed by atoms with E-state index in [0.29, 0.717) is 0 Å². The molecule has 0 aromatic heterocycles. The average Bonchev–Trinajstić information content (AvgIpc) is 3.56. The molecule has 0 aliphatic heterocycles. The number of rotatable bonds is 8. The molecule has 0 heteroatoms. The molecule has 0 saturated carbocycles. The van der Waals surface area contributed by atoms with Crippen molar-refractivity contribution in [1.29, 1.82) is 0 Å². The van der Waals surface area contributed by atoms with Gasteiger partial charge in [-0.05, 0) is 44.5 Å². The van der Waals surface area contributed by atoms with Gasteiger partial charge in [-0.15, -0.1) is 0 Å². The van der Waals surface area contributed by atoms with Gasteiger partial charge in [0.2, 0.25) is 0 Å². The molecule has 0 aliphatic rings. The van der Waals surface area contributed by atoms with E-state index in [9.17, 15) is 0 Å². The van der Waals surface area contributed by atoms with Crippen LogP contribution in [0.5, 0.6) is 0 Å². The largest absolute Gasteiger partial charge is 0.0701 e. The quantitative estimate of drug-likeness (QED) is 0.133. The molecule has 74 heavy (non-hydrogen) atoms. The lowest BCUT2D eigenvalue weighted by atomic mass is 9.65. The van der Waals surface area contributed by atoms with Gasteiger partial charge in [-0.1, -0.05) is 409 Å². The summed E-state index contributed by atoms with van der Waals surface area (Å²) in [5, 5.41) is 0. The van der Waals surface area contributed by atoms with E-state index in [1.54, 1.807) is 0 Å². The molecular formula is C74H112. The summed E-state index contributed by atoms with van der Waals surface area (Å²) >= 11 is 0. The second-order valence-electron chi connectivity index (χ2n) is 12.4. The van der Waals surface area contributed by atoms with Crippen LogP contribution in [0.15, 0.2) is 243 Å². The summed E-state index contributed by atoms with van der Waals surface area (Å²) in [5.41, 5.74) is 9.56. The molecule has 0 radical (unpaired) electrons. The molecular weight excluding hydrogens is 889 g/mol. The Morgan fingerprint density at radius 3 is 0.257 bits per heavy atom. The van der Waals surface area contributed by atoms with Gasteiger partial charge in [0.25, 0.3) is 0 Å². The Kier molecular flexibility index (Phi) is 63.5. The third kappa shape index (κ3) is 24.7. The van der Waals surface area contributed by atoms with Crippen molar-refractivity contribution < 1.29 is 0 Å². The van der Waals surface area contributed by atoms with E-state index in [0.717, 1.165) is 0 Å². The predicted octanol–water partition coefficient (Wildman–Crippen LogP) is 24.5. The first kappa shape index (κ1) is 79.2. The molecule has 0 N–H and O–H groups in total. The third-order valence-corrected chi connectivity index (χ3v) is 9.65. The minimum Gasteiger partial charge on any atom is -0.0683 e. The van der Waals surface area contributed by atoms with Crippen LogP contribution in [0, 0.1) is 0 Å². The zero-order valence-electron chi connectivity index (χ0n) is 52.1. The summed E-state index contributed by atoms with van der Waals surface area (Å²) in [5.74, 6) is 0. The van der Waals surface area contributed by atoms with Crippen molar-refractivity contribution >= 4 is 0 Å². The van der Waals surface area contributed by atoms with Crippen LogP contribution >= 0.6 is 0 Å². The van der Waals surface area contributed by atoms with Crippen LogP contribution in [0.25, 0.3) is 0 Å². The fraction of sp³-hybridized carbons (Fsp3) is 0.351. The summed E-state index contributed by atoms with van der Waals surface area (Å²) < 4.78 is 0. The van der Waals surface area contributed by atoms with Gasteiger partial charge in [-0.25, -0.2) is 0 Å². The highest BCUT2D eigenvalue weighted by Crippen LogP contribution is 2.46. The maximum Gasteiger partial charge on any atom is 0.0701 e. The number of hydrogen-bond acceptors (Lipinski definition) is 0. The van der Waals surface area contributed by atoms with Crippen molar-refractivity contribution in [3.05, 3.63) is 287 Å². The van der Waals surface area contributed by atoms with Crippen LogP contribution < -0.4 is 0 Å². The molecule has 0 saturated heterocycles. The first-order valence-electron chi connectivity index (χ1n) is 29.3. The summed E-state index contributed by atoms with van der Waals surface area (Å²) in [6.07, 6.45) is 0. The van der Waals surface area contributed by atoms with Crippen molar-refractivity contribution in [2.75, 3.05) is 0 Å². The minimum absolute atomic E-state index is 0.328. The van der Waals surface area contributed by atoms with Crippen LogP contribution in [0.4, 0.5) is 0 Å². The summed E-state index contributed by atoms with van der Waals surface area (Å²) in [6, 6.07) is 86.3. The molecule has 0 fully saturated rings. The minimum atomic E-state index is -0.328. The average molecular weight is 1000 g/mol. The Labute approximate surface area is 461 Å². The zero-order valence-corrected chi connectivity index (χ0v) is 52.1. The lowest BCUT2D eigenvalue weighted by Gasteiger charge is -2.36. The van der Waals surface area contributed by atoms with Crippen molar-refractivity contribution in [3.63, 3.8) is 0 Å². The predicted molar refractivity (Wildman–Crippen MR) is 346 cm³/mol. The smallest absolute Gasteiger partial charge is 0.0683 e. The fourth-order valence-electron chi connectivity index (χ4n) is 7.51. The zero-order chi connectivity index (χ0) is 57.9. The lowest BCUT2D eigenvalue weighted by molar-refractivity contribution is 0.745. The second-order valence-corrected chi connectivity index (χ2v) is 12.4. The number of benzene rings is 8. The van der Waals surface area contributed by atoms with Gasteiger partial charge in [0.15, 0.2) is 0 Å². The summed E-state index contributed by atoms with van der Waals surface area (Å²) in [6.45, 7) is 48.0. The molecule has 8 aromatic rings. The molecule has 0 nitrogen and oxygen atoms in total. The fourth-order valence-corrected chi connectivity index (χ4v) is 7.51. The van der Waals surface area contributed by atoms with Crippen molar-refractivity contribution in [1.82, 2.24) is 0 Å². The highest BCUT2D eigenvalue weighted by molar-refractivity contribution is 5.61. The lowest BCUT2D eigenvalue weighted by Crippen LogP contribution is -2.30. The molecule has 8 rings (SSSR count). The van der Waals surface area contributed by atoms with Gasteiger partial charge in [0.1, 0.15) is 0 Å². The van der Waals surface area contributed by atoms with Crippen molar-refractivity contribution in [2.24, 2.45) is 0 Å². The summed E-state index contributed by atoms with van der Waals surface area (Å²) in [4.78, 5) is 0. The first-order valence-corrected chi connectivity index (χ1v) is 29.3. The Hall–Kier alpha value is -6.24. The van der Waals surface area contributed by atoms with Gasteiger partial charge in [-0.3, -0.25) is 0 Å². The molecule has 0 unspecified atom stereocenters. The number of hydrogen-bond donors (Lipinski definition) is 0. The Bertz CT molecular complexity index is 1660. The van der Waals surface area contributed by atoms with E-state index >= 15 is 0 Å². The van der Waals surface area contributed by atoms with E-state index < -0.39 is 0 Å². The topological polar surface area (TPSA) is 0 Å². The van der Waals surface area contributed by atoms with E-state index in [1.165, 1.54) is 44.5 Å². The van der Waals surface area contributed by atoms with Crippen LogP contribution in [0.1, 0.15) is 211 Å². The molecule has 0 amide bonds. The van der Waals surface area contributed by atoms with E-state index in [4.69, 9.17) is 0 Å². The van der Waals surface area contributed by atoms with Gasteiger partial charge >= 0.3 is 0 Å². The van der Waals surface area contributed by atoms with Crippen LogP contribution in [0.2, 0.25) is 0 Å². The SMILES string of the molecule is CC.CC.CC.CC.CC.CC.CC.CC.CC.CC.CC.CC.c1ccc(C(c2ccccc2)(c2ccccc2)c2ccccc2)cc1.c1ccc(C(c2ccccc2)(c2ccccc2)c2ccccc2)cc1. The van der Waals surface area contributed by atoms with Gasteiger partial charge in [0.05, 0.1) is 10.8 Å². The van der Waals surface area contributed by atoms with Gasteiger partial charge < -0.3 is 0 Å². The van der Waals surface area contributed by atoms with Crippen LogP contribution in [-0.2, 0) is 10.8 Å². The molecule has 0 atom stereocenters. The Morgan fingerprint density at radius 2 is 0.189 bits per heavy atom. The molecule has 0 bridgehead atoms. The first-order chi connectivity index (χ1) is 36.8. The normalized spacial score (nSPS) is 8.54. The Balaban J connectivity index is -0.000000223. The molecule has 0 spiro atoms. The van der Waals surface area contributed by atoms with E-state index in [1.807, 2.05) is 166 Å². The molecule has 8 aromatic carbocycles. The molecule has 408 valence electrons. The summed E-state index contributed by atoms with van der Waals surface area (Å²) in [7, 11) is 0. The molecule has 0 heterocycles. The second kappa shape index (κ2) is 59.3. The van der Waals surface area contributed by atoms with Crippen LogP contribution in [0.3, 0.4) is 0 Å². The monoisotopic (exact) mass is 1000 g/mol. The van der Waals surface area contributed by atoms with Gasteiger partial charge in [-0.2, -0.15) is 0 Å². The third-order valence-electron chi connectivity index (χ3n) is 9.65. The standard InChI is InChI=1S/2C25H20.12C2H6/c2*1-5-13-21(14-6-1)25(22-15-7-2-8-16-22,23-17-9-3-10-18-23)24-19-11-4-12-20-24;12*1-2/h2*1-20H;12*1-2H3. The van der Waals surface area contributed by atoms with E-state index in [2.05, 4.69) is 243 Å². The Morgan fingerprint density at radius 1 is 0.122 bits per heavy atom. The highest BCUT2D eigenvalue weighted by atomic mass is 14.4. The van der Waals surface area contributed by atoms with Crippen LogP contribution in [-0.4, -0.2) is 0 Å². The molecule has 0 aliphatic carbocycles. The maximum atomic E-state index is 2.23. The van der Waals surface area contributed by atoms with E-state index in [-0.39, 0.29) is 10.8 Å². The van der Waals surface area contributed by atoms with Crippen molar-refractivity contribution in [2.45, 2.75) is 177 Å².